The van der Waals surface area contributed by atoms with Crippen LogP contribution in [0.5, 0.6) is 0 Å². The number of rotatable bonds is 7. The lowest BCUT2D eigenvalue weighted by molar-refractivity contribution is 0.178. The minimum atomic E-state index is -0.283. The van der Waals surface area contributed by atoms with Gasteiger partial charge in [0, 0.05) is 5.88 Å². The molecule has 0 heterocycles. The largest absolute Gasteiger partial charge is 0.392 e. The molecule has 1 aromatic carbocycles. The monoisotopic (exact) mass is 238 g/mol. The van der Waals surface area contributed by atoms with Crippen LogP contribution in [0.4, 0.5) is 0 Å². The maximum absolute atomic E-state index is 9.78. The van der Waals surface area contributed by atoms with Crippen LogP contribution in [0.1, 0.15) is 24.8 Å². The zero-order chi connectivity index (χ0) is 11.6. The molecule has 0 amide bonds. The summed E-state index contributed by atoms with van der Waals surface area (Å²) in [6, 6.07) is 10.1. The van der Waals surface area contributed by atoms with Crippen molar-refractivity contribution >= 4 is 11.6 Å². The van der Waals surface area contributed by atoms with E-state index >= 15 is 0 Å². The van der Waals surface area contributed by atoms with Gasteiger partial charge in [0.25, 0.3) is 0 Å². The van der Waals surface area contributed by atoms with Crippen molar-refractivity contribution in [2.45, 2.75) is 31.8 Å². The number of hydrogen-bond donors (Lipinski definition) is 1. The van der Waals surface area contributed by atoms with Crippen LogP contribution in [0.25, 0.3) is 0 Å². The zero-order valence-electron chi connectivity index (χ0n) is 9.48. The van der Waals surface area contributed by atoms with Crippen LogP contribution in [0.2, 0.25) is 0 Å². The molecule has 1 aromatic rings. The van der Waals surface area contributed by atoms with Gasteiger partial charge in [-0.05, 0) is 31.2 Å². The number of aliphatic hydroxyl groups is 1. The zero-order valence-corrected chi connectivity index (χ0v) is 10.2. The number of alkyl halides is 1. The molecule has 0 aliphatic heterocycles. The van der Waals surface area contributed by atoms with E-state index in [1.165, 1.54) is 5.56 Å². The van der Waals surface area contributed by atoms with Gasteiger partial charge in [-0.15, -0.1) is 11.6 Å². The molecule has 1 atom stereocenters. The maximum atomic E-state index is 9.78. The molecule has 0 aliphatic carbocycles. The van der Waals surface area contributed by atoms with Gasteiger partial charge in [-0.2, -0.15) is 0 Å². The Bertz CT molecular complexity index is 295. The molecule has 88 valence electrons. The molecule has 2 heteroatoms. The Morgan fingerprint density at radius 1 is 1.19 bits per heavy atom. The Hall–Kier alpha value is -0.790. The van der Waals surface area contributed by atoms with Crippen molar-refractivity contribution in [2.24, 2.45) is 0 Å². The number of allylic oxidation sites excluding steroid dienone is 1. The lowest BCUT2D eigenvalue weighted by atomic mass is 10.1. The van der Waals surface area contributed by atoms with E-state index in [1.54, 1.807) is 0 Å². The minimum absolute atomic E-state index is 0.283. The Morgan fingerprint density at radius 3 is 2.62 bits per heavy atom. The van der Waals surface area contributed by atoms with Crippen LogP contribution in [0.3, 0.4) is 0 Å². The Labute approximate surface area is 103 Å². The molecule has 1 nitrogen and oxygen atoms in total. The van der Waals surface area contributed by atoms with Gasteiger partial charge in [0.1, 0.15) is 0 Å². The lowest BCUT2D eigenvalue weighted by Crippen LogP contribution is -2.08. The molecule has 1 N–H and O–H groups in total. The number of halogens is 1. The molecule has 16 heavy (non-hydrogen) atoms. The van der Waals surface area contributed by atoms with Crippen molar-refractivity contribution in [3.63, 3.8) is 0 Å². The number of hydrogen-bond acceptors (Lipinski definition) is 1. The van der Waals surface area contributed by atoms with Crippen LogP contribution < -0.4 is 0 Å². The second-order valence-electron chi connectivity index (χ2n) is 3.88. The van der Waals surface area contributed by atoms with E-state index < -0.39 is 0 Å². The van der Waals surface area contributed by atoms with E-state index in [1.807, 2.05) is 36.4 Å². The number of unbranched alkanes of at least 4 members (excludes halogenated alkanes) is 1. The van der Waals surface area contributed by atoms with Crippen LogP contribution in [-0.2, 0) is 6.42 Å². The maximum Gasteiger partial charge on any atom is 0.0614 e. The van der Waals surface area contributed by atoms with Crippen LogP contribution in [0.15, 0.2) is 42.5 Å². The fourth-order valence-electron chi connectivity index (χ4n) is 1.54. The molecular weight excluding hydrogens is 220 g/mol. The van der Waals surface area contributed by atoms with Crippen LogP contribution >= 0.6 is 11.6 Å². The summed E-state index contributed by atoms with van der Waals surface area (Å²) in [5, 5.41) is 9.78. The fraction of sp³-hybridized carbons (Fsp3) is 0.429. The highest BCUT2D eigenvalue weighted by molar-refractivity contribution is 6.17. The van der Waals surface area contributed by atoms with Gasteiger partial charge in [-0.25, -0.2) is 0 Å². The van der Waals surface area contributed by atoms with Gasteiger partial charge < -0.3 is 5.11 Å². The first-order chi connectivity index (χ1) is 7.83. The third kappa shape index (κ3) is 5.94. The van der Waals surface area contributed by atoms with E-state index in [4.69, 9.17) is 11.6 Å². The van der Waals surface area contributed by atoms with Gasteiger partial charge >= 0.3 is 0 Å². The highest BCUT2D eigenvalue weighted by atomic mass is 35.5. The van der Waals surface area contributed by atoms with Crippen molar-refractivity contribution in [3.05, 3.63) is 48.0 Å². The summed E-state index contributed by atoms with van der Waals surface area (Å²) in [7, 11) is 0. The molecule has 0 saturated heterocycles. The molecule has 1 rings (SSSR count). The molecule has 0 fully saturated rings. The van der Waals surface area contributed by atoms with Crippen LogP contribution in [-0.4, -0.2) is 17.1 Å². The second kappa shape index (κ2) is 8.37. The van der Waals surface area contributed by atoms with Gasteiger partial charge in [-0.3, -0.25) is 0 Å². The van der Waals surface area contributed by atoms with Crippen molar-refractivity contribution in [3.8, 4) is 0 Å². The van der Waals surface area contributed by atoms with E-state index in [9.17, 15) is 5.11 Å². The molecule has 0 aromatic heterocycles. The molecular formula is C14H19ClO. The Morgan fingerprint density at radius 2 is 1.94 bits per heavy atom. The second-order valence-corrected chi connectivity index (χ2v) is 4.26. The summed E-state index contributed by atoms with van der Waals surface area (Å²) < 4.78 is 0. The fourth-order valence-corrected chi connectivity index (χ4v) is 1.69. The van der Waals surface area contributed by atoms with Crippen molar-refractivity contribution in [1.82, 2.24) is 0 Å². The Balaban J connectivity index is 2.21. The third-order valence-electron chi connectivity index (χ3n) is 2.39. The third-order valence-corrected chi connectivity index (χ3v) is 2.66. The molecule has 0 spiro atoms. The summed E-state index contributed by atoms with van der Waals surface area (Å²) in [4.78, 5) is 0. The van der Waals surface area contributed by atoms with E-state index in [0.717, 1.165) is 25.7 Å². The SMILES string of the molecule is OC(C/C=C/CCCCl)Cc1ccccc1. The predicted molar refractivity (Wildman–Crippen MR) is 69.9 cm³/mol. The van der Waals surface area contributed by atoms with E-state index in [2.05, 4.69) is 6.08 Å². The van der Waals surface area contributed by atoms with Gasteiger partial charge in [0.15, 0.2) is 0 Å². The molecule has 1 unspecified atom stereocenters. The lowest BCUT2D eigenvalue weighted by Gasteiger charge is -2.07. The highest BCUT2D eigenvalue weighted by Gasteiger charge is 2.02. The standard InChI is InChI=1S/C14H19ClO/c15-11-7-2-1-6-10-14(16)12-13-8-4-3-5-9-13/h1,3-6,8-9,14,16H,2,7,10-12H2/b6-1+. The predicted octanol–water partition coefficient (Wildman–Crippen LogP) is 3.56. The summed E-state index contributed by atoms with van der Waals surface area (Å²) >= 11 is 5.57. The van der Waals surface area contributed by atoms with Gasteiger partial charge in [0.2, 0.25) is 0 Å². The smallest absolute Gasteiger partial charge is 0.0614 e. The minimum Gasteiger partial charge on any atom is -0.392 e. The first kappa shape index (κ1) is 13.3. The molecule has 0 aliphatic rings. The van der Waals surface area contributed by atoms with Crippen molar-refractivity contribution in [1.29, 1.82) is 0 Å². The Kier molecular flexibility index (Phi) is 6.95. The van der Waals surface area contributed by atoms with E-state index in [-0.39, 0.29) is 6.10 Å². The number of benzene rings is 1. The highest BCUT2D eigenvalue weighted by Crippen LogP contribution is 2.06. The summed E-state index contributed by atoms with van der Waals surface area (Å²) in [6.45, 7) is 0. The molecule has 0 bridgehead atoms. The average molecular weight is 239 g/mol. The van der Waals surface area contributed by atoms with Crippen molar-refractivity contribution < 1.29 is 5.11 Å². The van der Waals surface area contributed by atoms with E-state index in [0.29, 0.717) is 5.88 Å². The average Bonchev–Trinajstić information content (AvgIpc) is 2.30. The summed E-state index contributed by atoms with van der Waals surface area (Å²) in [5.41, 5.74) is 1.18. The van der Waals surface area contributed by atoms with Gasteiger partial charge in [-0.1, -0.05) is 42.5 Å². The molecule has 0 saturated carbocycles. The normalized spacial score (nSPS) is 13.1. The van der Waals surface area contributed by atoms with Gasteiger partial charge in [0.05, 0.1) is 6.10 Å². The van der Waals surface area contributed by atoms with Crippen molar-refractivity contribution in [2.75, 3.05) is 5.88 Å². The topological polar surface area (TPSA) is 20.2 Å². The summed E-state index contributed by atoms with van der Waals surface area (Å²) in [6.07, 6.45) is 7.30. The first-order valence-electron chi connectivity index (χ1n) is 5.76. The first-order valence-corrected chi connectivity index (χ1v) is 6.29. The quantitative estimate of drug-likeness (QED) is 0.438. The molecule has 0 radical (unpaired) electrons. The summed E-state index contributed by atoms with van der Waals surface area (Å²) in [5.74, 6) is 0.705. The number of aliphatic hydroxyl groups excluding tert-OH is 1. The van der Waals surface area contributed by atoms with Crippen LogP contribution in [0, 0.1) is 0 Å².